The van der Waals surface area contributed by atoms with E-state index in [9.17, 15) is 14.4 Å². The minimum atomic E-state index is -0.464. The summed E-state index contributed by atoms with van der Waals surface area (Å²) in [7, 11) is 0. The number of carbonyl (C=O) groups excluding carboxylic acids is 3. The van der Waals surface area contributed by atoms with Crippen LogP contribution in [0.25, 0.3) is 0 Å². The number of hydrogen-bond acceptors (Lipinski definition) is 4. The molecule has 0 spiro atoms. The third-order valence-electron chi connectivity index (χ3n) is 4.53. The van der Waals surface area contributed by atoms with Gasteiger partial charge in [0.2, 0.25) is 5.91 Å². The van der Waals surface area contributed by atoms with E-state index in [1.54, 1.807) is 36.4 Å². The van der Waals surface area contributed by atoms with E-state index in [1.165, 1.54) is 0 Å². The predicted molar refractivity (Wildman–Crippen MR) is 99.0 cm³/mol. The van der Waals surface area contributed by atoms with E-state index in [1.807, 2.05) is 19.1 Å². The number of primary amides is 1. The lowest BCUT2D eigenvalue weighted by Crippen LogP contribution is -2.42. The van der Waals surface area contributed by atoms with Gasteiger partial charge in [-0.25, -0.2) is 0 Å². The summed E-state index contributed by atoms with van der Waals surface area (Å²) in [5, 5.41) is 5.77. The maximum absolute atomic E-state index is 12.6. The van der Waals surface area contributed by atoms with Crippen LogP contribution in [0, 0.1) is 6.92 Å². The number of nitrogens with one attached hydrogen (secondary N) is 2. The van der Waals surface area contributed by atoms with Crippen molar-refractivity contribution in [3.63, 3.8) is 0 Å². The highest BCUT2D eigenvalue weighted by Gasteiger charge is 2.32. The monoisotopic (exact) mass is 351 g/mol. The maximum atomic E-state index is 12.6. The van der Waals surface area contributed by atoms with Crippen LogP contribution in [0.4, 0.5) is 5.69 Å². The Labute approximate surface area is 151 Å². The van der Waals surface area contributed by atoms with Crippen LogP contribution < -0.4 is 16.4 Å². The summed E-state index contributed by atoms with van der Waals surface area (Å²) >= 11 is 0. The normalized spacial score (nSPS) is 19.1. The SMILES string of the molecule is Cc1ccc(C(=O)Nc2cccc(C(=O)C3CCC(C(N)=O)N3)c2)cc1. The molecule has 134 valence electrons. The van der Waals surface area contributed by atoms with Crippen molar-refractivity contribution in [1.82, 2.24) is 5.32 Å². The Morgan fingerprint density at radius 1 is 1.00 bits per heavy atom. The van der Waals surface area contributed by atoms with Gasteiger partial charge in [-0.05, 0) is 44.0 Å². The van der Waals surface area contributed by atoms with Crippen molar-refractivity contribution in [1.29, 1.82) is 0 Å². The molecule has 2 atom stereocenters. The molecule has 3 rings (SSSR count). The molecule has 0 saturated carbocycles. The van der Waals surface area contributed by atoms with Gasteiger partial charge in [0.25, 0.3) is 5.91 Å². The fourth-order valence-electron chi connectivity index (χ4n) is 3.03. The standard InChI is InChI=1S/C20H21N3O3/c1-12-5-7-13(8-6-12)20(26)22-15-4-2-3-14(11-15)18(24)16-9-10-17(23-16)19(21)25/h2-8,11,16-17,23H,9-10H2,1H3,(H2,21,25)(H,22,26). The minimum Gasteiger partial charge on any atom is -0.368 e. The lowest BCUT2D eigenvalue weighted by atomic mass is 10.0. The van der Waals surface area contributed by atoms with E-state index in [0.29, 0.717) is 29.7 Å². The van der Waals surface area contributed by atoms with Gasteiger partial charge in [0.05, 0.1) is 12.1 Å². The molecule has 1 saturated heterocycles. The molecule has 0 radical (unpaired) electrons. The van der Waals surface area contributed by atoms with Crippen molar-refractivity contribution in [2.45, 2.75) is 31.8 Å². The quantitative estimate of drug-likeness (QED) is 0.718. The van der Waals surface area contributed by atoms with E-state index >= 15 is 0 Å². The molecular formula is C20H21N3O3. The van der Waals surface area contributed by atoms with Crippen molar-refractivity contribution < 1.29 is 14.4 Å². The third kappa shape index (κ3) is 3.97. The lowest BCUT2D eigenvalue weighted by Gasteiger charge is -2.12. The van der Waals surface area contributed by atoms with Crippen LogP contribution in [-0.4, -0.2) is 29.7 Å². The summed E-state index contributed by atoms with van der Waals surface area (Å²) < 4.78 is 0. The molecule has 0 bridgehead atoms. The van der Waals surface area contributed by atoms with Crippen molar-refractivity contribution in [3.8, 4) is 0 Å². The Morgan fingerprint density at radius 3 is 2.35 bits per heavy atom. The molecule has 4 N–H and O–H groups in total. The highest BCUT2D eigenvalue weighted by Crippen LogP contribution is 2.19. The molecular weight excluding hydrogens is 330 g/mol. The molecule has 2 aromatic rings. The molecule has 1 aliphatic rings. The van der Waals surface area contributed by atoms with Crippen molar-refractivity contribution in [3.05, 3.63) is 65.2 Å². The molecule has 6 nitrogen and oxygen atoms in total. The van der Waals surface area contributed by atoms with Crippen LogP contribution in [0.3, 0.4) is 0 Å². The average molecular weight is 351 g/mol. The van der Waals surface area contributed by atoms with Crippen molar-refractivity contribution in [2.75, 3.05) is 5.32 Å². The second-order valence-electron chi connectivity index (χ2n) is 6.52. The van der Waals surface area contributed by atoms with Gasteiger partial charge in [-0.3, -0.25) is 19.7 Å². The van der Waals surface area contributed by atoms with Gasteiger partial charge in [-0.1, -0.05) is 29.8 Å². The topological polar surface area (TPSA) is 101 Å². The van der Waals surface area contributed by atoms with Gasteiger partial charge >= 0.3 is 0 Å². The number of carbonyl (C=O) groups is 3. The van der Waals surface area contributed by atoms with E-state index in [0.717, 1.165) is 5.56 Å². The summed E-state index contributed by atoms with van der Waals surface area (Å²) in [4.78, 5) is 36.2. The summed E-state index contributed by atoms with van der Waals surface area (Å²) in [5.41, 5.74) is 7.94. The first-order chi connectivity index (χ1) is 12.4. The van der Waals surface area contributed by atoms with Crippen LogP contribution in [0.5, 0.6) is 0 Å². The van der Waals surface area contributed by atoms with Crippen LogP contribution >= 0.6 is 0 Å². The number of hydrogen-bond donors (Lipinski definition) is 3. The molecule has 1 heterocycles. The highest BCUT2D eigenvalue weighted by molar-refractivity contribution is 6.06. The minimum absolute atomic E-state index is 0.111. The van der Waals surface area contributed by atoms with E-state index in [4.69, 9.17) is 5.73 Å². The van der Waals surface area contributed by atoms with Gasteiger partial charge in [-0.15, -0.1) is 0 Å². The first-order valence-electron chi connectivity index (χ1n) is 8.51. The van der Waals surface area contributed by atoms with E-state index in [-0.39, 0.29) is 11.7 Å². The Bertz CT molecular complexity index is 846. The number of aryl methyl sites for hydroxylation is 1. The van der Waals surface area contributed by atoms with Gasteiger partial charge in [-0.2, -0.15) is 0 Å². The summed E-state index contributed by atoms with van der Waals surface area (Å²) in [5.74, 6) is -0.790. The van der Waals surface area contributed by atoms with Crippen LogP contribution in [-0.2, 0) is 4.79 Å². The average Bonchev–Trinajstić information content (AvgIpc) is 3.12. The fraction of sp³-hybridized carbons (Fsp3) is 0.250. The molecule has 2 amide bonds. The molecule has 1 aliphatic heterocycles. The highest BCUT2D eigenvalue weighted by atomic mass is 16.2. The molecule has 0 aromatic heterocycles. The fourth-order valence-corrected chi connectivity index (χ4v) is 3.03. The van der Waals surface area contributed by atoms with Crippen molar-refractivity contribution >= 4 is 23.3 Å². The summed E-state index contributed by atoms with van der Waals surface area (Å²) in [6, 6.07) is 13.2. The number of amides is 2. The molecule has 2 unspecified atom stereocenters. The number of ketones is 1. The second-order valence-corrected chi connectivity index (χ2v) is 6.52. The number of anilines is 1. The molecule has 0 aliphatic carbocycles. The first kappa shape index (κ1) is 17.8. The lowest BCUT2D eigenvalue weighted by molar-refractivity contribution is -0.119. The Hall–Kier alpha value is -2.99. The van der Waals surface area contributed by atoms with E-state index < -0.39 is 18.0 Å². The van der Waals surface area contributed by atoms with Crippen LogP contribution in [0.1, 0.15) is 39.1 Å². The van der Waals surface area contributed by atoms with Gasteiger partial charge in [0, 0.05) is 16.8 Å². The van der Waals surface area contributed by atoms with Gasteiger partial charge in [0.15, 0.2) is 5.78 Å². The Balaban J connectivity index is 1.70. The number of benzene rings is 2. The van der Waals surface area contributed by atoms with Crippen LogP contribution in [0.2, 0.25) is 0 Å². The zero-order chi connectivity index (χ0) is 18.7. The number of rotatable bonds is 5. The first-order valence-corrected chi connectivity index (χ1v) is 8.51. The zero-order valence-electron chi connectivity index (χ0n) is 14.5. The van der Waals surface area contributed by atoms with Crippen LogP contribution in [0.15, 0.2) is 48.5 Å². The van der Waals surface area contributed by atoms with Gasteiger partial charge in [0.1, 0.15) is 0 Å². The van der Waals surface area contributed by atoms with Crippen molar-refractivity contribution in [2.24, 2.45) is 5.73 Å². The number of Topliss-reactive ketones (excluding diaryl/α,β-unsaturated/α-hetero) is 1. The third-order valence-corrected chi connectivity index (χ3v) is 4.53. The predicted octanol–water partition coefficient (Wildman–Crippen LogP) is 2.04. The Morgan fingerprint density at radius 2 is 1.69 bits per heavy atom. The summed E-state index contributed by atoms with van der Waals surface area (Å²) in [6.45, 7) is 1.95. The molecule has 1 fully saturated rings. The smallest absolute Gasteiger partial charge is 0.255 e. The van der Waals surface area contributed by atoms with E-state index in [2.05, 4.69) is 10.6 Å². The largest absolute Gasteiger partial charge is 0.368 e. The van der Waals surface area contributed by atoms with Gasteiger partial charge < -0.3 is 11.1 Å². The molecule has 26 heavy (non-hydrogen) atoms. The molecule has 6 heteroatoms. The second kappa shape index (κ2) is 7.49. The molecule has 2 aromatic carbocycles. The summed E-state index contributed by atoms with van der Waals surface area (Å²) in [6.07, 6.45) is 1.11. The zero-order valence-corrected chi connectivity index (χ0v) is 14.5. The number of nitrogens with two attached hydrogens (primary N) is 1. The Kier molecular flexibility index (Phi) is 5.14. The maximum Gasteiger partial charge on any atom is 0.255 e.